The zero-order chi connectivity index (χ0) is 15.7. The lowest BCUT2D eigenvalue weighted by Crippen LogP contribution is -2.37. The monoisotopic (exact) mass is 299 g/mol. The number of aliphatic hydroxyl groups is 1. The molecule has 0 aromatic heterocycles. The quantitative estimate of drug-likeness (QED) is 0.695. The summed E-state index contributed by atoms with van der Waals surface area (Å²) in [6.07, 6.45) is 0.354. The lowest BCUT2D eigenvalue weighted by atomic mass is 9.90. The molecular weight excluding hydrogens is 273 g/mol. The topological polar surface area (TPSA) is 50.7 Å². The molecule has 21 heavy (non-hydrogen) atoms. The van der Waals surface area contributed by atoms with Crippen molar-refractivity contribution in [1.82, 2.24) is 5.32 Å². The van der Waals surface area contributed by atoms with E-state index in [4.69, 9.17) is 9.47 Å². The molecular formula is C16H26FNO3. The van der Waals surface area contributed by atoms with Gasteiger partial charge in [0.05, 0.1) is 0 Å². The zero-order valence-electron chi connectivity index (χ0n) is 13.1. The highest BCUT2D eigenvalue weighted by Crippen LogP contribution is 2.18. The third-order valence-electron chi connectivity index (χ3n) is 3.22. The van der Waals surface area contributed by atoms with Crippen LogP contribution in [0.15, 0.2) is 24.3 Å². The first-order valence-electron chi connectivity index (χ1n) is 7.19. The van der Waals surface area contributed by atoms with Gasteiger partial charge in [0.1, 0.15) is 24.3 Å². The van der Waals surface area contributed by atoms with Crippen molar-refractivity contribution in [2.45, 2.75) is 26.4 Å². The summed E-state index contributed by atoms with van der Waals surface area (Å²) >= 11 is 0. The number of methoxy groups -OCH3 is 1. The molecule has 0 saturated heterocycles. The molecule has 1 aromatic rings. The molecule has 1 unspecified atom stereocenters. The summed E-state index contributed by atoms with van der Waals surface area (Å²) in [7, 11) is 1.69. The molecule has 0 radical (unpaired) electrons. The summed E-state index contributed by atoms with van der Waals surface area (Å²) in [6, 6.07) is 5.75. The Morgan fingerprint density at radius 2 is 1.95 bits per heavy atom. The fraction of sp³-hybridized carbons (Fsp3) is 0.625. The van der Waals surface area contributed by atoms with E-state index in [1.54, 1.807) is 19.2 Å². The van der Waals surface area contributed by atoms with E-state index in [0.717, 1.165) is 19.6 Å². The fourth-order valence-electron chi connectivity index (χ4n) is 1.83. The van der Waals surface area contributed by atoms with Crippen LogP contribution >= 0.6 is 0 Å². The number of halogens is 1. The van der Waals surface area contributed by atoms with Crippen LogP contribution in [0.1, 0.15) is 20.3 Å². The third kappa shape index (κ3) is 7.99. The highest BCUT2D eigenvalue weighted by Gasteiger charge is 2.17. The molecule has 0 saturated carbocycles. The maximum atomic E-state index is 12.7. The molecule has 0 aliphatic carbocycles. The molecule has 120 valence electrons. The van der Waals surface area contributed by atoms with Crippen LogP contribution in [0.4, 0.5) is 4.39 Å². The van der Waals surface area contributed by atoms with Gasteiger partial charge >= 0.3 is 0 Å². The van der Waals surface area contributed by atoms with Crippen molar-refractivity contribution in [2.24, 2.45) is 5.41 Å². The van der Waals surface area contributed by atoms with Crippen molar-refractivity contribution in [3.05, 3.63) is 30.1 Å². The van der Waals surface area contributed by atoms with Gasteiger partial charge in [-0.25, -0.2) is 4.39 Å². The maximum Gasteiger partial charge on any atom is 0.123 e. The maximum absolute atomic E-state index is 12.7. The molecule has 4 nitrogen and oxygen atoms in total. The Labute approximate surface area is 126 Å². The lowest BCUT2D eigenvalue weighted by Gasteiger charge is -2.25. The summed E-state index contributed by atoms with van der Waals surface area (Å²) in [6.45, 7) is 6.46. The van der Waals surface area contributed by atoms with Crippen molar-refractivity contribution in [3.8, 4) is 5.75 Å². The molecule has 1 rings (SSSR count). The summed E-state index contributed by atoms with van der Waals surface area (Å²) < 4.78 is 23.2. The molecule has 0 aliphatic heterocycles. The number of hydrogen-bond donors (Lipinski definition) is 2. The van der Waals surface area contributed by atoms with Crippen molar-refractivity contribution >= 4 is 0 Å². The van der Waals surface area contributed by atoms with E-state index in [2.05, 4.69) is 19.2 Å². The van der Waals surface area contributed by atoms with E-state index >= 15 is 0 Å². The highest BCUT2D eigenvalue weighted by atomic mass is 19.1. The second-order valence-electron chi connectivity index (χ2n) is 5.96. The summed E-state index contributed by atoms with van der Waals surface area (Å²) in [5.41, 5.74) is 0.119. The SMILES string of the molecule is COCCC(C)(C)CNCC(O)COc1ccc(F)cc1. The average Bonchev–Trinajstić information content (AvgIpc) is 2.44. The Kier molecular flexibility index (Phi) is 7.64. The second kappa shape index (κ2) is 8.97. The Morgan fingerprint density at radius 1 is 1.29 bits per heavy atom. The van der Waals surface area contributed by atoms with E-state index in [1.807, 2.05) is 0 Å². The van der Waals surface area contributed by atoms with Gasteiger partial charge in [0.2, 0.25) is 0 Å². The van der Waals surface area contributed by atoms with Crippen LogP contribution in [0.5, 0.6) is 5.75 Å². The van der Waals surface area contributed by atoms with E-state index in [1.165, 1.54) is 12.1 Å². The Morgan fingerprint density at radius 3 is 2.57 bits per heavy atom. The minimum Gasteiger partial charge on any atom is -0.491 e. The molecule has 0 fully saturated rings. The number of ether oxygens (including phenoxy) is 2. The Hall–Kier alpha value is -1.17. The molecule has 0 amide bonds. The first kappa shape index (κ1) is 17.9. The second-order valence-corrected chi connectivity index (χ2v) is 5.96. The predicted molar refractivity (Wildman–Crippen MR) is 81.0 cm³/mol. The first-order valence-corrected chi connectivity index (χ1v) is 7.19. The predicted octanol–water partition coefficient (Wildman–Crippen LogP) is 2.22. The van der Waals surface area contributed by atoms with Crippen LogP contribution in [0.25, 0.3) is 0 Å². The Balaban J connectivity index is 2.19. The molecule has 0 heterocycles. The zero-order valence-corrected chi connectivity index (χ0v) is 13.1. The van der Waals surface area contributed by atoms with Crippen LogP contribution in [0, 0.1) is 11.2 Å². The van der Waals surface area contributed by atoms with Gasteiger partial charge in [0.25, 0.3) is 0 Å². The van der Waals surface area contributed by atoms with Gasteiger partial charge in [-0.1, -0.05) is 13.8 Å². The highest BCUT2D eigenvalue weighted by molar-refractivity contribution is 5.22. The molecule has 2 N–H and O–H groups in total. The van der Waals surface area contributed by atoms with Gasteiger partial charge in [-0.15, -0.1) is 0 Å². The normalized spacial score (nSPS) is 13.2. The molecule has 0 bridgehead atoms. The van der Waals surface area contributed by atoms with Gasteiger partial charge in [-0.05, 0) is 36.1 Å². The Bertz CT molecular complexity index is 395. The van der Waals surface area contributed by atoms with Gasteiger partial charge in [0.15, 0.2) is 0 Å². The fourth-order valence-corrected chi connectivity index (χ4v) is 1.83. The number of nitrogens with one attached hydrogen (secondary N) is 1. The molecule has 5 heteroatoms. The molecule has 0 spiro atoms. The molecule has 1 atom stereocenters. The average molecular weight is 299 g/mol. The number of hydrogen-bond acceptors (Lipinski definition) is 4. The lowest BCUT2D eigenvalue weighted by molar-refractivity contribution is 0.100. The smallest absolute Gasteiger partial charge is 0.123 e. The van der Waals surface area contributed by atoms with E-state index in [9.17, 15) is 9.50 Å². The van der Waals surface area contributed by atoms with Crippen LogP contribution in [0.3, 0.4) is 0 Å². The molecule has 0 aliphatic rings. The van der Waals surface area contributed by atoms with Crippen molar-refractivity contribution < 1.29 is 19.0 Å². The largest absolute Gasteiger partial charge is 0.491 e. The summed E-state index contributed by atoms with van der Waals surface area (Å²) in [5.74, 6) is 0.249. The summed E-state index contributed by atoms with van der Waals surface area (Å²) in [4.78, 5) is 0. The van der Waals surface area contributed by atoms with E-state index in [-0.39, 0.29) is 17.8 Å². The third-order valence-corrected chi connectivity index (χ3v) is 3.22. The van der Waals surface area contributed by atoms with Gasteiger partial charge < -0.3 is 19.9 Å². The van der Waals surface area contributed by atoms with Crippen molar-refractivity contribution in [1.29, 1.82) is 0 Å². The van der Waals surface area contributed by atoms with Crippen LogP contribution in [0.2, 0.25) is 0 Å². The molecule has 1 aromatic carbocycles. The van der Waals surface area contributed by atoms with E-state index in [0.29, 0.717) is 12.3 Å². The summed E-state index contributed by atoms with van der Waals surface area (Å²) in [5, 5.41) is 13.1. The first-order chi connectivity index (χ1) is 9.93. The van der Waals surface area contributed by atoms with Gasteiger partial charge in [-0.2, -0.15) is 0 Å². The van der Waals surface area contributed by atoms with Crippen molar-refractivity contribution in [3.63, 3.8) is 0 Å². The number of aliphatic hydroxyl groups excluding tert-OH is 1. The van der Waals surface area contributed by atoms with Crippen LogP contribution < -0.4 is 10.1 Å². The van der Waals surface area contributed by atoms with Crippen molar-refractivity contribution in [2.75, 3.05) is 33.4 Å². The van der Waals surface area contributed by atoms with Crippen LogP contribution in [-0.4, -0.2) is 44.6 Å². The number of benzene rings is 1. The van der Waals surface area contributed by atoms with Gasteiger partial charge in [0, 0.05) is 26.8 Å². The van der Waals surface area contributed by atoms with Gasteiger partial charge in [-0.3, -0.25) is 0 Å². The minimum absolute atomic E-state index is 0.119. The number of rotatable bonds is 10. The standard InChI is InChI=1S/C16H26FNO3/c1-16(2,8-9-20-3)12-18-10-14(19)11-21-15-6-4-13(17)5-7-15/h4-7,14,18-19H,8-12H2,1-3H3. The van der Waals surface area contributed by atoms with E-state index < -0.39 is 6.10 Å². The minimum atomic E-state index is -0.603. The van der Waals surface area contributed by atoms with Crippen LogP contribution in [-0.2, 0) is 4.74 Å².